The van der Waals surface area contributed by atoms with Crippen molar-refractivity contribution in [3.05, 3.63) is 130 Å². The standard InChI is InChI=1S/C38H36ClN5O6S/c39-30-15-13-25(14-16-30)21-33(41-36(45)34-22-27-7-1-2-9-29(27)24-44(34)38(47)48)37(46)43-19-17-26(18-20-43)31-10-4-5-11-32(31)42-51(49,50)35-12-6-3-8-28(35)23-40/h1-16,26,33-34,42H,17-22,24H2,(H,41,45)(H,47,48)/t33-,34+/m1/s1. The Morgan fingerprint density at radius 1 is 0.902 bits per heavy atom. The molecule has 2 heterocycles. The van der Waals surface area contributed by atoms with Crippen LogP contribution < -0.4 is 10.0 Å². The quantitative estimate of drug-likeness (QED) is 0.204. The van der Waals surface area contributed by atoms with E-state index in [4.69, 9.17) is 11.6 Å². The van der Waals surface area contributed by atoms with Crippen LogP contribution in [-0.2, 0) is 39.0 Å². The Kier molecular flexibility index (Phi) is 10.6. The highest BCUT2D eigenvalue weighted by atomic mass is 35.5. The lowest BCUT2D eigenvalue weighted by Crippen LogP contribution is -2.58. The van der Waals surface area contributed by atoms with Gasteiger partial charge in [-0.25, -0.2) is 13.2 Å². The summed E-state index contributed by atoms with van der Waals surface area (Å²) >= 11 is 6.10. The first-order valence-corrected chi connectivity index (χ1v) is 18.4. The minimum Gasteiger partial charge on any atom is -0.465 e. The predicted molar refractivity (Wildman–Crippen MR) is 192 cm³/mol. The first-order chi connectivity index (χ1) is 24.5. The van der Waals surface area contributed by atoms with Gasteiger partial charge in [-0.15, -0.1) is 0 Å². The molecule has 0 bridgehead atoms. The molecule has 0 aromatic heterocycles. The zero-order valence-electron chi connectivity index (χ0n) is 27.5. The number of carbonyl (C=O) groups excluding carboxylic acids is 2. The number of hydrogen-bond donors (Lipinski definition) is 3. The molecule has 0 spiro atoms. The Morgan fingerprint density at radius 3 is 2.25 bits per heavy atom. The molecule has 262 valence electrons. The third kappa shape index (κ3) is 8.01. The number of benzene rings is 4. The van der Waals surface area contributed by atoms with Crippen molar-refractivity contribution in [2.45, 2.75) is 55.1 Å². The summed E-state index contributed by atoms with van der Waals surface area (Å²) in [4.78, 5) is 42.9. The van der Waals surface area contributed by atoms with Crippen LogP contribution in [0.15, 0.2) is 102 Å². The molecule has 3 amide bonds. The molecule has 0 unspecified atom stereocenters. The Balaban J connectivity index is 1.18. The van der Waals surface area contributed by atoms with Gasteiger partial charge in [0.15, 0.2) is 0 Å². The summed E-state index contributed by atoms with van der Waals surface area (Å²) in [5.74, 6) is -0.917. The van der Waals surface area contributed by atoms with Crippen molar-refractivity contribution in [3.63, 3.8) is 0 Å². The molecule has 0 saturated carbocycles. The lowest BCUT2D eigenvalue weighted by atomic mass is 9.88. The molecule has 2 aliphatic heterocycles. The van der Waals surface area contributed by atoms with Crippen molar-refractivity contribution in [3.8, 4) is 6.07 Å². The number of fused-ring (bicyclic) bond motifs is 1. The van der Waals surface area contributed by atoms with E-state index in [1.54, 1.807) is 53.4 Å². The molecule has 2 aliphatic rings. The van der Waals surface area contributed by atoms with E-state index in [2.05, 4.69) is 10.0 Å². The second-order valence-electron chi connectivity index (χ2n) is 12.7. The monoisotopic (exact) mass is 725 g/mol. The molecule has 13 heteroatoms. The van der Waals surface area contributed by atoms with Gasteiger partial charge in [-0.1, -0.05) is 78.3 Å². The Bertz CT molecular complexity index is 2090. The zero-order valence-corrected chi connectivity index (χ0v) is 29.1. The number of anilines is 1. The molecule has 1 saturated heterocycles. The molecule has 4 aromatic carbocycles. The second kappa shape index (κ2) is 15.2. The van der Waals surface area contributed by atoms with Crippen LogP contribution in [0.4, 0.5) is 10.5 Å². The van der Waals surface area contributed by atoms with Gasteiger partial charge in [0, 0.05) is 31.0 Å². The smallest absolute Gasteiger partial charge is 0.408 e. The SMILES string of the molecule is N#Cc1ccccc1S(=O)(=O)Nc1ccccc1C1CCN(C(=O)[C@@H](Cc2ccc(Cl)cc2)NC(=O)[C@@H]2Cc3ccccc3CN2C(=O)O)CC1. The molecule has 0 aliphatic carbocycles. The van der Waals surface area contributed by atoms with Gasteiger partial charge < -0.3 is 15.3 Å². The summed E-state index contributed by atoms with van der Waals surface area (Å²) in [5.41, 5.74) is 3.71. The van der Waals surface area contributed by atoms with Crippen LogP contribution >= 0.6 is 11.6 Å². The van der Waals surface area contributed by atoms with Gasteiger partial charge in [-0.2, -0.15) is 5.26 Å². The lowest BCUT2D eigenvalue weighted by Gasteiger charge is -2.37. The molecule has 1 fully saturated rings. The average Bonchev–Trinajstić information content (AvgIpc) is 3.14. The molecule has 11 nitrogen and oxygen atoms in total. The van der Waals surface area contributed by atoms with Crippen LogP contribution in [0.2, 0.25) is 5.02 Å². The lowest BCUT2D eigenvalue weighted by molar-refractivity contribution is -0.138. The van der Waals surface area contributed by atoms with Gasteiger partial charge in [-0.05, 0) is 71.3 Å². The van der Waals surface area contributed by atoms with E-state index in [0.29, 0.717) is 36.6 Å². The van der Waals surface area contributed by atoms with Crippen LogP contribution in [0, 0.1) is 11.3 Å². The van der Waals surface area contributed by atoms with Gasteiger partial charge in [0.05, 0.1) is 17.8 Å². The van der Waals surface area contributed by atoms with Crippen LogP contribution in [0.1, 0.15) is 46.6 Å². The number of nitrogens with one attached hydrogen (secondary N) is 2. The minimum absolute atomic E-state index is 0.0403. The largest absolute Gasteiger partial charge is 0.465 e. The summed E-state index contributed by atoms with van der Waals surface area (Å²) in [7, 11) is -4.06. The van der Waals surface area contributed by atoms with E-state index in [1.165, 1.54) is 12.1 Å². The van der Waals surface area contributed by atoms with Crippen LogP contribution in [0.5, 0.6) is 0 Å². The van der Waals surface area contributed by atoms with Gasteiger partial charge >= 0.3 is 6.09 Å². The average molecular weight is 726 g/mol. The normalized spacial score (nSPS) is 16.7. The maximum absolute atomic E-state index is 14.2. The van der Waals surface area contributed by atoms with E-state index in [-0.39, 0.29) is 41.7 Å². The van der Waals surface area contributed by atoms with Crippen molar-refractivity contribution in [2.24, 2.45) is 0 Å². The summed E-state index contributed by atoms with van der Waals surface area (Å²) in [6.45, 7) is 0.773. The zero-order chi connectivity index (χ0) is 36.1. The van der Waals surface area contributed by atoms with E-state index in [1.807, 2.05) is 42.5 Å². The number of piperidine rings is 1. The number of sulfonamides is 1. The fourth-order valence-electron chi connectivity index (χ4n) is 6.85. The molecule has 3 N–H and O–H groups in total. The molecular formula is C38H36ClN5O6S. The number of likely N-dealkylation sites (tertiary alicyclic amines) is 1. The highest BCUT2D eigenvalue weighted by Gasteiger charge is 2.38. The number of carboxylic acid groups (broad SMARTS) is 1. The van der Waals surface area contributed by atoms with Crippen LogP contribution in [0.3, 0.4) is 0 Å². The highest BCUT2D eigenvalue weighted by Crippen LogP contribution is 2.35. The third-order valence-corrected chi connectivity index (χ3v) is 11.2. The van der Waals surface area contributed by atoms with E-state index in [9.17, 15) is 33.2 Å². The van der Waals surface area contributed by atoms with E-state index >= 15 is 0 Å². The van der Waals surface area contributed by atoms with Gasteiger partial charge in [0.1, 0.15) is 23.0 Å². The number of halogens is 1. The number of nitriles is 1. The van der Waals surface area contributed by atoms with Crippen molar-refractivity contribution < 1.29 is 27.9 Å². The summed E-state index contributed by atoms with van der Waals surface area (Å²) in [6, 6.07) is 27.4. The summed E-state index contributed by atoms with van der Waals surface area (Å²) < 4.78 is 29.3. The van der Waals surface area contributed by atoms with Crippen molar-refractivity contribution in [2.75, 3.05) is 17.8 Å². The molecule has 4 aromatic rings. The molecule has 2 atom stereocenters. The summed E-state index contributed by atoms with van der Waals surface area (Å²) in [6.07, 6.45) is 0.212. The maximum Gasteiger partial charge on any atom is 0.408 e. The number of hydrogen-bond acceptors (Lipinski definition) is 6. The molecular weight excluding hydrogens is 690 g/mol. The first kappa shape index (κ1) is 35.4. The van der Waals surface area contributed by atoms with E-state index < -0.39 is 34.1 Å². The predicted octanol–water partition coefficient (Wildman–Crippen LogP) is 5.55. The molecule has 6 rings (SSSR count). The number of amides is 3. The maximum atomic E-state index is 14.2. The summed E-state index contributed by atoms with van der Waals surface area (Å²) in [5, 5.41) is 22.9. The Morgan fingerprint density at radius 2 is 1.55 bits per heavy atom. The fourth-order valence-corrected chi connectivity index (χ4v) is 8.23. The van der Waals surface area contributed by atoms with E-state index in [0.717, 1.165) is 27.2 Å². The van der Waals surface area contributed by atoms with Gasteiger partial charge in [-0.3, -0.25) is 19.2 Å². The Hall–Kier alpha value is -5.38. The Labute approximate surface area is 301 Å². The number of rotatable bonds is 9. The highest BCUT2D eigenvalue weighted by molar-refractivity contribution is 7.92. The number of nitrogens with zero attached hydrogens (tertiary/aromatic N) is 3. The third-order valence-electron chi connectivity index (χ3n) is 9.51. The first-order valence-electron chi connectivity index (χ1n) is 16.5. The van der Waals surface area contributed by atoms with Gasteiger partial charge in [0.2, 0.25) is 11.8 Å². The topological polar surface area (TPSA) is 160 Å². The van der Waals surface area contributed by atoms with Crippen molar-refractivity contribution >= 4 is 45.2 Å². The van der Waals surface area contributed by atoms with Crippen LogP contribution in [0.25, 0.3) is 0 Å². The van der Waals surface area contributed by atoms with Gasteiger partial charge in [0.25, 0.3) is 10.0 Å². The second-order valence-corrected chi connectivity index (χ2v) is 14.8. The fraction of sp³-hybridized carbons (Fsp3) is 0.263. The molecule has 0 radical (unpaired) electrons. The number of carbonyl (C=O) groups is 3. The number of para-hydroxylation sites is 1. The van der Waals surface area contributed by atoms with Crippen molar-refractivity contribution in [1.82, 2.24) is 15.1 Å². The molecule has 51 heavy (non-hydrogen) atoms. The van der Waals surface area contributed by atoms with Crippen molar-refractivity contribution in [1.29, 1.82) is 5.26 Å². The minimum atomic E-state index is -4.06. The van der Waals surface area contributed by atoms with Crippen LogP contribution in [-0.4, -0.2) is 66.4 Å².